The first-order valence-corrected chi connectivity index (χ1v) is 12.0. The van der Waals surface area contributed by atoms with Gasteiger partial charge in [-0.05, 0) is 72.8 Å². The lowest BCUT2D eigenvalue weighted by Gasteiger charge is -2.18. The molecular weight excluding hydrogens is 462 g/mol. The molecule has 3 aromatic heterocycles. The van der Waals surface area contributed by atoms with Gasteiger partial charge in [0.1, 0.15) is 17.3 Å². The fourth-order valence-electron chi connectivity index (χ4n) is 5.03. The summed E-state index contributed by atoms with van der Waals surface area (Å²) in [6.45, 7) is 4.31. The fraction of sp³-hybridized carbons (Fsp3) is 0.100. The molecule has 0 amide bonds. The molecule has 0 saturated carbocycles. The van der Waals surface area contributed by atoms with Crippen LogP contribution in [-0.4, -0.2) is 24.4 Å². The normalized spacial score (nSPS) is 11.4. The topological polar surface area (TPSA) is 99.0 Å². The number of hydrogen-bond acceptors (Lipinski definition) is 5. The number of nitrogen functional groups attached to an aromatic ring is 1. The van der Waals surface area contributed by atoms with Crippen molar-refractivity contribution in [2.45, 2.75) is 20.4 Å². The van der Waals surface area contributed by atoms with Crippen molar-refractivity contribution in [3.05, 3.63) is 112 Å². The second-order valence-electron chi connectivity index (χ2n) is 9.25. The molecule has 6 aromatic rings. The van der Waals surface area contributed by atoms with Crippen LogP contribution >= 0.6 is 0 Å². The van der Waals surface area contributed by atoms with Crippen LogP contribution in [0.5, 0.6) is 5.75 Å². The summed E-state index contributed by atoms with van der Waals surface area (Å²) < 4.78 is 3.66. The van der Waals surface area contributed by atoms with E-state index in [0.717, 1.165) is 44.4 Å². The van der Waals surface area contributed by atoms with Gasteiger partial charge in [-0.25, -0.2) is 4.98 Å². The highest BCUT2D eigenvalue weighted by atomic mass is 16.3. The van der Waals surface area contributed by atoms with Crippen LogP contribution in [0.2, 0.25) is 0 Å². The quantitative estimate of drug-likeness (QED) is 0.349. The average Bonchev–Trinajstić information content (AvgIpc) is 3.25. The van der Waals surface area contributed by atoms with Gasteiger partial charge in [-0.1, -0.05) is 36.4 Å². The molecule has 0 radical (unpaired) electrons. The van der Waals surface area contributed by atoms with Gasteiger partial charge >= 0.3 is 0 Å². The molecule has 0 fully saturated rings. The molecule has 37 heavy (non-hydrogen) atoms. The molecule has 0 bridgehead atoms. The van der Waals surface area contributed by atoms with Crippen LogP contribution in [0.1, 0.15) is 16.8 Å². The minimum absolute atomic E-state index is 0.0590. The number of fused-ring (bicyclic) bond motifs is 2. The highest BCUT2D eigenvalue weighted by Crippen LogP contribution is 2.32. The lowest BCUT2D eigenvalue weighted by molar-refractivity contribution is 0.475. The summed E-state index contributed by atoms with van der Waals surface area (Å²) in [5.74, 6) is 0.546. The summed E-state index contributed by atoms with van der Waals surface area (Å²) in [5.41, 5.74) is 12.1. The standard InChI is InChI=1S/C30H25N5O2/c1-18-6-3-4-9-24(18)35-22(16-21-8-5-7-19(2)26(21)30(35)37)17-34-25-14-15-32-29(31)27(25)28(33-34)20-10-12-23(36)13-11-20/h3-16,36H,17H2,1-2H3,(H2,31,32). The molecular formula is C30H25N5O2. The van der Waals surface area contributed by atoms with E-state index in [-0.39, 0.29) is 11.3 Å². The summed E-state index contributed by atoms with van der Waals surface area (Å²) in [7, 11) is 0. The molecule has 7 nitrogen and oxygen atoms in total. The summed E-state index contributed by atoms with van der Waals surface area (Å²) in [5, 5.41) is 17.0. The Kier molecular flexibility index (Phi) is 5.26. The van der Waals surface area contributed by atoms with Gasteiger partial charge in [0.05, 0.1) is 28.5 Å². The third-order valence-electron chi connectivity index (χ3n) is 6.83. The first-order chi connectivity index (χ1) is 17.9. The van der Waals surface area contributed by atoms with E-state index in [9.17, 15) is 9.90 Å². The van der Waals surface area contributed by atoms with Crippen molar-refractivity contribution < 1.29 is 5.11 Å². The first-order valence-electron chi connectivity index (χ1n) is 12.0. The van der Waals surface area contributed by atoms with Gasteiger partial charge < -0.3 is 10.8 Å². The van der Waals surface area contributed by atoms with E-state index in [1.165, 1.54) is 0 Å². The Labute approximate surface area is 213 Å². The van der Waals surface area contributed by atoms with E-state index in [1.807, 2.05) is 67.1 Å². The first kappa shape index (κ1) is 22.5. The maximum absolute atomic E-state index is 14.0. The van der Waals surface area contributed by atoms with E-state index in [1.54, 1.807) is 35.0 Å². The second-order valence-corrected chi connectivity index (χ2v) is 9.25. The predicted molar refractivity (Wildman–Crippen MR) is 147 cm³/mol. The monoisotopic (exact) mass is 487 g/mol. The zero-order chi connectivity index (χ0) is 25.7. The number of rotatable bonds is 4. The molecule has 0 aliphatic heterocycles. The van der Waals surface area contributed by atoms with Gasteiger partial charge in [0.15, 0.2) is 0 Å². The lowest BCUT2D eigenvalue weighted by Crippen LogP contribution is -2.25. The summed E-state index contributed by atoms with van der Waals surface area (Å²) >= 11 is 0. The number of phenols is 1. The van der Waals surface area contributed by atoms with Crippen molar-refractivity contribution in [2.75, 3.05) is 5.73 Å². The van der Waals surface area contributed by atoms with Crippen molar-refractivity contribution >= 4 is 27.5 Å². The smallest absolute Gasteiger partial charge is 0.263 e. The number of nitrogens with zero attached hydrogens (tertiary/aromatic N) is 4. The van der Waals surface area contributed by atoms with Gasteiger partial charge in [0, 0.05) is 17.5 Å². The molecule has 0 saturated heterocycles. The fourth-order valence-corrected chi connectivity index (χ4v) is 5.03. The third kappa shape index (κ3) is 3.72. The summed E-state index contributed by atoms with van der Waals surface area (Å²) in [4.78, 5) is 18.3. The van der Waals surface area contributed by atoms with Crippen LogP contribution in [0.25, 0.3) is 38.6 Å². The average molecular weight is 488 g/mol. The minimum atomic E-state index is -0.0590. The van der Waals surface area contributed by atoms with Gasteiger partial charge in [0.25, 0.3) is 5.56 Å². The van der Waals surface area contributed by atoms with Gasteiger partial charge in [-0.2, -0.15) is 5.10 Å². The number of nitrogens with two attached hydrogens (primary N) is 1. The van der Waals surface area contributed by atoms with Crippen molar-refractivity contribution in [2.24, 2.45) is 0 Å². The Bertz CT molecular complexity index is 1870. The molecule has 0 unspecified atom stereocenters. The van der Waals surface area contributed by atoms with Crippen LogP contribution < -0.4 is 11.3 Å². The Morgan fingerprint density at radius 1 is 0.892 bits per heavy atom. The summed E-state index contributed by atoms with van der Waals surface area (Å²) in [6, 6.07) is 24.6. The van der Waals surface area contributed by atoms with Gasteiger partial charge in [-0.3, -0.25) is 14.0 Å². The SMILES string of the molecule is Cc1ccccc1-n1c(Cn2nc(-c3ccc(O)cc3)c3c(N)nccc32)cc2cccc(C)c2c1=O. The molecule has 0 aliphatic rings. The van der Waals surface area contributed by atoms with E-state index >= 15 is 0 Å². The zero-order valence-electron chi connectivity index (χ0n) is 20.5. The largest absolute Gasteiger partial charge is 0.508 e. The minimum Gasteiger partial charge on any atom is -0.508 e. The number of para-hydroxylation sites is 1. The molecule has 6 rings (SSSR count). The van der Waals surface area contributed by atoms with E-state index in [2.05, 4.69) is 11.1 Å². The maximum atomic E-state index is 14.0. The van der Waals surface area contributed by atoms with E-state index < -0.39 is 0 Å². The molecule has 0 spiro atoms. The molecule has 3 aromatic carbocycles. The third-order valence-corrected chi connectivity index (χ3v) is 6.83. The van der Waals surface area contributed by atoms with Crippen molar-refractivity contribution in [3.8, 4) is 22.7 Å². The number of anilines is 1. The maximum Gasteiger partial charge on any atom is 0.263 e. The second kappa shape index (κ2) is 8.64. The van der Waals surface area contributed by atoms with Crippen molar-refractivity contribution in [1.29, 1.82) is 0 Å². The Morgan fingerprint density at radius 3 is 2.43 bits per heavy atom. The molecule has 0 aliphatic carbocycles. The van der Waals surface area contributed by atoms with Crippen molar-refractivity contribution in [1.82, 2.24) is 19.3 Å². The molecule has 3 N–H and O–H groups in total. The van der Waals surface area contributed by atoms with Crippen LogP contribution in [0.15, 0.2) is 89.9 Å². The number of pyridine rings is 2. The van der Waals surface area contributed by atoms with Crippen LogP contribution in [-0.2, 0) is 6.54 Å². The number of phenolic OH excluding ortho intramolecular Hbond substituents is 1. The van der Waals surface area contributed by atoms with Crippen LogP contribution in [0.3, 0.4) is 0 Å². The highest BCUT2D eigenvalue weighted by Gasteiger charge is 2.19. The number of benzene rings is 3. The molecule has 3 heterocycles. The van der Waals surface area contributed by atoms with E-state index in [4.69, 9.17) is 10.8 Å². The van der Waals surface area contributed by atoms with Crippen LogP contribution in [0.4, 0.5) is 5.82 Å². The number of aryl methyl sites for hydroxylation is 2. The van der Waals surface area contributed by atoms with Crippen molar-refractivity contribution in [3.63, 3.8) is 0 Å². The van der Waals surface area contributed by atoms with Crippen LogP contribution in [0, 0.1) is 13.8 Å². The lowest BCUT2D eigenvalue weighted by atomic mass is 10.1. The number of hydrogen-bond donors (Lipinski definition) is 2. The van der Waals surface area contributed by atoms with E-state index in [0.29, 0.717) is 23.4 Å². The molecule has 182 valence electrons. The number of aromatic hydroxyl groups is 1. The highest BCUT2D eigenvalue weighted by molar-refractivity contribution is 6.00. The molecule has 7 heteroatoms. The number of aromatic nitrogens is 4. The van der Waals surface area contributed by atoms with Gasteiger partial charge in [0.2, 0.25) is 0 Å². The predicted octanol–water partition coefficient (Wildman–Crippen LogP) is 5.36. The Balaban J connectivity index is 1.62. The Hall–Kier alpha value is -4.91. The summed E-state index contributed by atoms with van der Waals surface area (Å²) in [6.07, 6.45) is 1.66. The van der Waals surface area contributed by atoms with Gasteiger partial charge in [-0.15, -0.1) is 0 Å². The zero-order valence-corrected chi connectivity index (χ0v) is 20.5. The Morgan fingerprint density at radius 2 is 1.65 bits per heavy atom. The molecule has 0 atom stereocenters.